The number of hydrogen-bond donors (Lipinski definition) is 2. The highest BCUT2D eigenvalue weighted by Gasteiger charge is 2.28. The number of benzene rings is 1. The van der Waals surface area contributed by atoms with E-state index >= 15 is 0 Å². The van der Waals surface area contributed by atoms with Gasteiger partial charge in [0.15, 0.2) is 0 Å². The molecule has 1 saturated carbocycles. The molecule has 0 radical (unpaired) electrons. The number of hydrogen-bond acceptors (Lipinski definition) is 2. The van der Waals surface area contributed by atoms with Crippen molar-refractivity contribution < 1.29 is 4.79 Å². The van der Waals surface area contributed by atoms with Gasteiger partial charge in [-0.2, -0.15) is 0 Å². The molecular formula is C14H19N3O. The summed E-state index contributed by atoms with van der Waals surface area (Å²) >= 11 is 0. The summed E-state index contributed by atoms with van der Waals surface area (Å²) < 4.78 is 0. The average Bonchev–Trinajstić information content (AvgIpc) is 2.67. The van der Waals surface area contributed by atoms with Crippen LogP contribution in [0.1, 0.15) is 30.4 Å². The van der Waals surface area contributed by atoms with Crippen molar-refractivity contribution in [1.29, 1.82) is 0 Å². The lowest BCUT2D eigenvalue weighted by atomic mass is 9.93. The number of carbonyl (C=O) groups excluding carboxylic acids is 1. The van der Waals surface area contributed by atoms with E-state index in [1.54, 1.807) is 0 Å². The lowest BCUT2D eigenvalue weighted by Gasteiger charge is -2.29. The zero-order valence-corrected chi connectivity index (χ0v) is 10.7. The number of rotatable bonds is 1. The molecule has 4 nitrogen and oxygen atoms in total. The lowest BCUT2D eigenvalue weighted by Crippen LogP contribution is -2.46. The van der Waals surface area contributed by atoms with Crippen LogP contribution in [0.5, 0.6) is 0 Å². The Morgan fingerprint density at radius 2 is 2.22 bits per heavy atom. The number of carbonyl (C=O) groups is 1. The van der Waals surface area contributed by atoms with Gasteiger partial charge in [-0.1, -0.05) is 6.07 Å². The first-order chi connectivity index (χ1) is 8.65. The minimum Gasteiger partial charge on any atom is -0.398 e. The highest BCUT2D eigenvalue weighted by Crippen LogP contribution is 2.32. The number of anilines is 2. The van der Waals surface area contributed by atoms with Crippen LogP contribution < -0.4 is 16.0 Å². The van der Waals surface area contributed by atoms with Gasteiger partial charge in [0.1, 0.15) is 0 Å². The Morgan fingerprint density at radius 1 is 1.44 bits per heavy atom. The van der Waals surface area contributed by atoms with Gasteiger partial charge >= 0.3 is 6.03 Å². The summed E-state index contributed by atoms with van der Waals surface area (Å²) in [7, 11) is 0. The number of nitrogens with two attached hydrogens (primary N) is 1. The van der Waals surface area contributed by atoms with E-state index in [1.165, 1.54) is 12.0 Å². The van der Waals surface area contributed by atoms with Crippen molar-refractivity contribution in [1.82, 2.24) is 5.32 Å². The van der Waals surface area contributed by atoms with E-state index in [4.69, 9.17) is 5.73 Å². The van der Waals surface area contributed by atoms with Crippen molar-refractivity contribution >= 4 is 17.4 Å². The van der Waals surface area contributed by atoms with Crippen LogP contribution in [0.15, 0.2) is 12.1 Å². The predicted octanol–water partition coefficient (Wildman–Crippen LogP) is 2.20. The summed E-state index contributed by atoms with van der Waals surface area (Å²) in [5, 5.41) is 3.08. The fourth-order valence-corrected chi connectivity index (χ4v) is 2.59. The van der Waals surface area contributed by atoms with E-state index in [9.17, 15) is 4.79 Å². The standard InChI is InChI=1S/C14H19N3O/c1-9-7-10-5-6-17(13(10)8-12(9)15)14(18)16-11-3-2-4-11/h7-8,11H,2-6,15H2,1H3,(H,16,18). The number of urea groups is 1. The molecule has 1 fully saturated rings. The van der Waals surface area contributed by atoms with Crippen LogP contribution in [0.3, 0.4) is 0 Å². The Hall–Kier alpha value is -1.71. The summed E-state index contributed by atoms with van der Waals surface area (Å²) in [4.78, 5) is 14.0. The zero-order valence-electron chi connectivity index (χ0n) is 10.7. The molecule has 0 saturated heterocycles. The largest absolute Gasteiger partial charge is 0.398 e. The van der Waals surface area contributed by atoms with E-state index in [-0.39, 0.29) is 6.03 Å². The molecule has 3 N–H and O–H groups in total. The van der Waals surface area contributed by atoms with Crippen molar-refractivity contribution in [2.24, 2.45) is 0 Å². The molecule has 0 atom stereocenters. The summed E-state index contributed by atoms with van der Waals surface area (Å²) in [6.45, 7) is 2.77. The Morgan fingerprint density at radius 3 is 2.89 bits per heavy atom. The highest BCUT2D eigenvalue weighted by molar-refractivity contribution is 5.95. The van der Waals surface area contributed by atoms with E-state index in [0.29, 0.717) is 6.04 Å². The summed E-state index contributed by atoms with van der Waals surface area (Å²) in [6.07, 6.45) is 4.38. The molecular weight excluding hydrogens is 226 g/mol. The Bertz CT molecular complexity index is 494. The smallest absolute Gasteiger partial charge is 0.322 e. The molecule has 18 heavy (non-hydrogen) atoms. The first-order valence-corrected chi connectivity index (χ1v) is 6.62. The summed E-state index contributed by atoms with van der Waals surface area (Å²) in [5.74, 6) is 0. The molecule has 1 aromatic rings. The quantitative estimate of drug-likeness (QED) is 0.745. The van der Waals surface area contributed by atoms with E-state index in [2.05, 4.69) is 11.4 Å². The van der Waals surface area contributed by atoms with Gasteiger partial charge < -0.3 is 11.1 Å². The molecule has 2 amide bonds. The SMILES string of the molecule is Cc1cc2c(cc1N)N(C(=O)NC1CCC1)CC2. The van der Waals surface area contributed by atoms with Crippen LogP contribution in [-0.4, -0.2) is 18.6 Å². The van der Waals surface area contributed by atoms with Gasteiger partial charge in [0, 0.05) is 18.3 Å². The minimum absolute atomic E-state index is 0.0294. The second-order valence-corrected chi connectivity index (χ2v) is 5.32. The van der Waals surface area contributed by atoms with Crippen molar-refractivity contribution in [2.45, 2.75) is 38.6 Å². The van der Waals surface area contributed by atoms with E-state index < -0.39 is 0 Å². The van der Waals surface area contributed by atoms with Crippen molar-refractivity contribution in [2.75, 3.05) is 17.2 Å². The topological polar surface area (TPSA) is 58.4 Å². The predicted molar refractivity (Wildman–Crippen MR) is 72.8 cm³/mol. The number of fused-ring (bicyclic) bond motifs is 1. The normalized spacial score (nSPS) is 18.4. The third kappa shape index (κ3) is 1.82. The molecule has 96 valence electrons. The average molecular weight is 245 g/mol. The molecule has 2 aliphatic rings. The van der Waals surface area contributed by atoms with Gasteiger partial charge in [-0.05, 0) is 49.8 Å². The van der Waals surface area contributed by atoms with Gasteiger partial charge in [-0.25, -0.2) is 4.79 Å². The van der Waals surface area contributed by atoms with Gasteiger partial charge in [0.05, 0.1) is 5.69 Å². The van der Waals surface area contributed by atoms with Crippen molar-refractivity contribution in [3.63, 3.8) is 0 Å². The van der Waals surface area contributed by atoms with Crippen LogP contribution in [0.25, 0.3) is 0 Å². The van der Waals surface area contributed by atoms with Gasteiger partial charge in [0.25, 0.3) is 0 Å². The molecule has 1 aliphatic heterocycles. The number of amides is 2. The molecule has 4 heteroatoms. The second-order valence-electron chi connectivity index (χ2n) is 5.32. The fourth-order valence-electron chi connectivity index (χ4n) is 2.59. The molecule has 0 spiro atoms. The molecule has 3 rings (SSSR count). The van der Waals surface area contributed by atoms with Crippen molar-refractivity contribution in [3.8, 4) is 0 Å². The number of nitrogens with one attached hydrogen (secondary N) is 1. The molecule has 1 heterocycles. The maximum absolute atomic E-state index is 12.2. The first kappa shape index (κ1) is 11.4. The number of nitrogens with zero attached hydrogens (tertiary/aromatic N) is 1. The summed E-state index contributed by atoms with van der Waals surface area (Å²) in [5.41, 5.74) is 10.00. The number of aryl methyl sites for hydroxylation is 1. The van der Waals surface area contributed by atoms with Crippen LogP contribution in [0, 0.1) is 6.92 Å². The minimum atomic E-state index is 0.0294. The Labute approximate surface area is 107 Å². The zero-order chi connectivity index (χ0) is 12.7. The maximum Gasteiger partial charge on any atom is 0.322 e. The highest BCUT2D eigenvalue weighted by atomic mass is 16.2. The van der Waals surface area contributed by atoms with E-state index in [0.717, 1.165) is 42.7 Å². The summed E-state index contributed by atoms with van der Waals surface area (Å²) in [6, 6.07) is 4.44. The van der Waals surface area contributed by atoms with Gasteiger partial charge in [0.2, 0.25) is 0 Å². The Kier molecular flexibility index (Phi) is 2.65. The lowest BCUT2D eigenvalue weighted by molar-refractivity contribution is 0.234. The van der Waals surface area contributed by atoms with Crippen LogP contribution in [-0.2, 0) is 6.42 Å². The monoisotopic (exact) mass is 245 g/mol. The van der Waals surface area contributed by atoms with Gasteiger partial charge in [-0.3, -0.25) is 4.90 Å². The fraction of sp³-hybridized carbons (Fsp3) is 0.500. The first-order valence-electron chi connectivity index (χ1n) is 6.62. The third-order valence-electron chi connectivity index (χ3n) is 4.04. The molecule has 0 aromatic heterocycles. The Balaban J connectivity index is 1.80. The molecule has 0 bridgehead atoms. The molecule has 1 aromatic carbocycles. The van der Waals surface area contributed by atoms with Crippen LogP contribution in [0.2, 0.25) is 0 Å². The van der Waals surface area contributed by atoms with Crippen molar-refractivity contribution in [3.05, 3.63) is 23.3 Å². The number of nitrogen functional groups attached to an aromatic ring is 1. The van der Waals surface area contributed by atoms with Crippen LogP contribution in [0.4, 0.5) is 16.2 Å². The molecule has 1 aliphatic carbocycles. The molecule has 0 unspecified atom stereocenters. The maximum atomic E-state index is 12.2. The van der Waals surface area contributed by atoms with Gasteiger partial charge in [-0.15, -0.1) is 0 Å². The van der Waals surface area contributed by atoms with E-state index in [1.807, 2.05) is 17.9 Å². The third-order valence-corrected chi connectivity index (χ3v) is 4.04. The van der Waals surface area contributed by atoms with Crippen LogP contribution >= 0.6 is 0 Å². The second kappa shape index (κ2) is 4.19.